The lowest BCUT2D eigenvalue weighted by Crippen LogP contribution is -2.15. The Bertz CT molecular complexity index is 1250. The van der Waals surface area contributed by atoms with Crippen molar-refractivity contribution < 1.29 is 38.9 Å². The predicted octanol–water partition coefficient (Wildman–Crippen LogP) is 6.57. The molecule has 0 heterocycles. The van der Waals surface area contributed by atoms with Gasteiger partial charge in [0.25, 0.3) is 0 Å². The van der Waals surface area contributed by atoms with Crippen molar-refractivity contribution in [3.63, 3.8) is 0 Å². The van der Waals surface area contributed by atoms with E-state index in [1.165, 1.54) is 48.5 Å². The van der Waals surface area contributed by atoms with Gasteiger partial charge in [-0.15, -0.1) is 0 Å². The smallest absolute Gasteiger partial charge is 0.343 e. The summed E-state index contributed by atoms with van der Waals surface area (Å²) in [6.45, 7) is 0. The first-order valence-electron chi connectivity index (χ1n) is 8.97. The minimum atomic E-state index is -1.31. The Morgan fingerprint density at radius 1 is 0.618 bits per heavy atom. The van der Waals surface area contributed by atoms with Crippen molar-refractivity contribution in [1.29, 1.82) is 0 Å². The molecule has 0 saturated heterocycles. The Morgan fingerprint density at radius 2 is 1.00 bits per heavy atom. The highest BCUT2D eigenvalue weighted by Gasteiger charge is 2.23. The van der Waals surface area contributed by atoms with E-state index < -0.39 is 23.9 Å². The van der Waals surface area contributed by atoms with Gasteiger partial charge in [-0.2, -0.15) is 0 Å². The van der Waals surface area contributed by atoms with Crippen LogP contribution in [-0.4, -0.2) is 34.1 Å². The van der Waals surface area contributed by atoms with Gasteiger partial charge < -0.3 is 19.7 Å². The summed E-state index contributed by atoms with van der Waals surface area (Å²) in [6, 6.07) is 10.9. The highest BCUT2D eigenvalue weighted by molar-refractivity contribution is 9.11. The molecule has 174 valence electrons. The van der Waals surface area contributed by atoms with Crippen LogP contribution in [0, 0.1) is 0 Å². The van der Waals surface area contributed by atoms with E-state index in [9.17, 15) is 29.4 Å². The standard InChI is InChI=1S/C22H10Br4O8/c23-11-5-13(19(27)28)17(15(25)7-11)33-21(31)9-2-1-3-10(4-9)22(32)34-18-14(20(29)30)6-12(24)8-16(18)26/h1-8H,(H,27,28)(H,29,30). The molecule has 0 unspecified atom stereocenters. The summed E-state index contributed by atoms with van der Waals surface area (Å²) in [5.41, 5.74) is -0.638. The van der Waals surface area contributed by atoms with Crippen LogP contribution in [0.2, 0.25) is 0 Å². The third kappa shape index (κ3) is 5.93. The first-order chi connectivity index (χ1) is 16.0. The number of hydrogen-bond donors (Lipinski definition) is 2. The summed E-state index contributed by atoms with van der Waals surface area (Å²) in [4.78, 5) is 48.5. The molecular weight excluding hydrogens is 712 g/mol. The Labute approximate surface area is 225 Å². The molecule has 0 bridgehead atoms. The van der Waals surface area contributed by atoms with Crippen molar-refractivity contribution in [3.05, 3.63) is 88.7 Å². The molecular formula is C22H10Br4O8. The fourth-order valence-electron chi connectivity index (χ4n) is 2.72. The van der Waals surface area contributed by atoms with Crippen molar-refractivity contribution >= 4 is 87.6 Å². The third-order valence-corrected chi connectivity index (χ3v) is 6.29. The molecule has 0 spiro atoms. The fraction of sp³-hybridized carbons (Fsp3) is 0. The topological polar surface area (TPSA) is 127 Å². The van der Waals surface area contributed by atoms with Gasteiger partial charge in [0.05, 0.1) is 20.1 Å². The summed E-state index contributed by atoms with van der Waals surface area (Å²) >= 11 is 12.7. The molecule has 0 aliphatic carbocycles. The highest BCUT2D eigenvalue weighted by Crippen LogP contribution is 2.35. The minimum Gasteiger partial charge on any atom is -0.478 e. The Morgan fingerprint density at radius 3 is 1.35 bits per heavy atom. The van der Waals surface area contributed by atoms with Crippen LogP contribution in [0.25, 0.3) is 0 Å². The quantitative estimate of drug-likeness (QED) is 0.216. The molecule has 0 fully saturated rings. The number of hydrogen-bond acceptors (Lipinski definition) is 6. The lowest BCUT2D eigenvalue weighted by molar-refractivity contribution is 0.0663. The molecule has 12 heteroatoms. The van der Waals surface area contributed by atoms with Crippen LogP contribution < -0.4 is 9.47 Å². The van der Waals surface area contributed by atoms with Crippen LogP contribution in [0.5, 0.6) is 11.5 Å². The maximum atomic E-state index is 12.7. The predicted molar refractivity (Wildman–Crippen MR) is 134 cm³/mol. The zero-order valence-electron chi connectivity index (χ0n) is 16.5. The van der Waals surface area contributed by atoms with Crippen molar-refractivity contribution in [1.82, 2.24) is 0 Å². The van der Waals surface area contributed by atoms with Gasteiger partial charge in [-0.05, 0) is 74.3 Å². The molecule has 0 aliphatic rings. The van der Waals surface area contributed by atoms with Gasteiger partial charge in [-0.25, -0.2) is 19.2 Å². The molecule has 3 rings (SSSR count). The fourth-order valence-corrected chi connectivity index (χ4v) is 5.33. The van der Waals surface area contributed by atoms with Crippen LogP contribution in [-0.2, 0) is 0 Å². The normalized spacial score (nSPS) is 10.5. The molecule has 34 heavy (non-hydrogen) atoms. The molecule has 3 aromatic rings. The molecule has 8 nitrogen and oxygen atoms in total. The average molecular weight is 722 g/mol. The minimum absolute atomic E-state index is 0.0612. The van der Waals surface area contributed by atoms with Gasteiger partial charge in [0.2, 0.25) is 0 Å². The van der Waals surface area contributed by atoms with Crippen molar-refractivity contribution in [2.75, 3.05) is 0 Å². The zero-order valence-corrected chi connectivity index (χ0v) is 22.8. The van der Waals surface area contributed by atoms with Crippen LogP contribution in [0.3, 0.4) is 0 Å². The maximum Gasteiger partial charge on any atom is 0.343 e. The van der Waals surface area contributed by atoms with Crippen molar-refractivity contribution in [2.45, 2.75) is 0 Å². The van der Waals surface area contributed by atoms with E-state index in [1.54, 1.807) is 0 Å². The molecule has 0 saturated carbocycles. The summed E-state index contributed by atoms with van der Waals surface area (Å²) in [5.74, 6) is -4.88. The van der Waals surface area contributed by atoms with Crippen LogP contribution in [0.1, 0.15) is 41.4 Å². The molecule has 0 aliphatic heterocycles. The highest BCUT2D eigenvalue weighted by atomic mass is 79.9. The number of ether oxygens (including phenoxy) is 2. The second-order valence-corrected chi connectivity index (χ2v) is 10.0. The molecule has 0 atom stereocenters. The number of carboxylic acid groups (broad SMARTS) is 2. The van der Waals surface area contributed by atoms with E-state index in [4.69, 9.17) is 9.47 Å². The number of esters is 2. The number of carbonyl (C=O) groups is 4. The number of carbonyl (C=O) groups excluding carboxylic acids is 2. The number of carboxylic acids is 2. The number of halogens is 4. The molecule has 0 radical (unpaired) electrons. The first kappa shape index (κ1) is 26.1. The van der Waals surface area contributed by atoms with Gasteiger partial charge >= 0.3 is 23.9 Å². The van der Waals surface area contributed by atoms with Crippen LogP contribution in [0.15, 0.2) is 66.4 Å². The molecule has 0 aromatic heterocycles. The lowest BCUT2D eigenvalue weighted by atomic mass is 10.1. The number of benzene rings is 3. The van der Waals surface area contributed by atoms with E-state index in [2.05, 4.69) is 63.7 Å². The maximum absolute atomic E-state index is 12.7. The zero-order chi connectivity index (χ0) is 25.2. The van der Waals surface area contributed by atoms with E-state index in [-0.39, 0.29) is 42.7 Å². The second kappa shape index (κ2) is 10.8. The van der Waals surface area contributed by atoms with Gasteiger partial charge in [0, 0.05) is 8.95 Å². The third-order valence-electron chi connectivity index (χ3n) is 4.20. The Balaban J connectivity index is 1.89. The van der Waals surface area contributed by atoms with Crippen LogP contribution >= 0.6 is 63.7 Å². The summed E-state index contributed by atoms with van der Waals surface area (Å²) < 4.78 is 11.9. The van der Waals surface area contributed by atoms with Gasteiger partial charge in [0.1, 0.15) is 11.1 Å². The van der Waals surface area contributed by atoms with Crippen molar-refractivity contribution in [3.8, 4) is 11.5 Å². The Hall–Kier alpha value is -2.54. The SMILES string of the molecule is O=C(Oc1c(Br)cc(Br)cc1C(=O)O)c1cccc(C(=O)Oc2c(Br)cc(Br)cc2C(=O)O)c1. The van der Waals surface area contributed by atoms with E-state index in [1.807, 2.05) is 0 Å². The summed E-state index contributed by atoms with van der Waals surface area (Å²) in [5, 5.41) is 18.8. The molecule has 0 amide bonds. The Kier molecular flexibility index (Phi) is 8.29. The van der Waals surface area contributed by atoms with Gasteiger partial charge in [-0.3, -0.25) is 0 Å². The second-order valence-electron chi connectivity index (χ2n) is 6.50. The van der Waals surface area contributed by atoms with E-state index in [0.717, 1.165) is 0 Å². The number of aromatic carboxylic acids is 2. The van der Waals surface area contributed by atoms with Gasteiger partial charge in [-0.1, -0.05) is 37.9 Å². The lowest BCUT2D eigenvalue weighted by Gasteiger charge is -2.12. The summed E-state index contributed by atoms with van der Waals surface area (Å²) in [6.07, 6.45) is 0. The van der Waals surface area contributed by atoms with Crippen molar-refractivity contribution in [2.24, 2.45) is 0 Å². The number of rotatable bonds is 6. The largest absolute Gasteiger partial charge is 0.478 e. The molecule has 2 N–H and O–H groups in total. The average Bonchev–Trinajstić information content (AvgIpc) is 2.76. The van der Waals surface area contributed by atoms with Gasteiger partial charge in [0.15, 0.2) is 11.5 Å². The van der Waals surface area contributed by atoms with Crippen LogP contribution in [0.4, 0.5) is 0 Å². The first-order valence-corrected chi connectivity index (χ1v) is 12.1. The molecule has 3 aromatic carbocycles. The summed E-state index contributed by atoms with van der Waals surface area (Å²) in [7, 11) is 0. The van der Waals surface area contributed by atoms with E-state index >= 15 is 0 Å². The monoisotopic (exact) mass is 718 g/mol. The van der Waals surface area contributed by atoms with E-state index in [0.29, 0.717) is 8.95 Å².